The van der Waals surface area contributed by atoms with E-state index in [9.17, 15) is 4.79 Å². The predicted octanol–water partition coefficient (Wildman–Crippen LogP) is 3.72. The van der Waals surface area contributed by atoms with Crippen LogP contribution in [-0.2, 0) is 0 Å². The smallest absolute Gasteiger partial charge is 0.170 e. The van der Waals surface area contributed by atoms with E-state index in [2.05, 4.69) is 31.2 Å². The van der Waals surface area contributed by atoms with E-state index in [1.807, 2.05) is 24.3 Å². The van der Waals surface area contributed by atoms with E-state index < -0.39 is 0 Å². The molecule has 0 bridgehead atoms. The number of allylic oxidation sites excluding steroid dienone is 3. The zero-order valence-electron chi connectivity index (χ0n) is 9.97. The Kier molecular flexibility index (Phi) is 2.47. The number of benzene rings is 1. The van der Waals surface area contributed by atoms with Crippen molar-refractivity contribution in [1.82, 2.24) is 0 Å². The first kappa shape index (κ1) is 10.5. The predicted molar refractivity (Wildman–Crippen MR) is 69.7 cm³/mol. The van der Waals surface area contributed by atoms with Gasteiger partial charge < -0.3 is 0 Å². The van der Waals surface area contributed by atoms with E-state index in [0.29, 0.717) is 11.8 Å². The van der Waals surface area contributed by atoms with Crippen LogP contribution in [-0.4, -0.2) is 5.78 Å². The van der Waals surface area contributed by atoms with Gasteiger partial charge in [-0.2, -0.15) is 0 Å². The zero-order chi connectivity index (χ0) is 11.8. The molecule has 0 spiro atoms. The molecular formula is C16H16O. The van der Waals surface area contributed by atoms with Crippen molar-refractivity contribution in [3.63, 3.8) is 0 Å². The maximum atomic E-state index is 12.5. The number of hydrogen-bond donors (Lipinski definition) is 0. The van der Waals surface area contributed by atoms with E-state index in [-0.39, 0.29) is 11.7 Å². The van der Waals surface area contributed by atoms with Crippen LogP contribution < -0.4 is 0 Å². The molecule has 1 heteroatoms. The minimum atomic E-state index is 0.0473. The topological polar surface area (TPSA) is 17.1 Å². The molecule has 1 aromatic carbocycles. The molecule has 0 saturated carbocycles. The Balaban J connectivity index is 2.08. The number of hydrogen-bond acceptors (Lipinski definition) is 1. The number of fused-ring (bicyclic) bond motifs is 2. The molecule has 17 heavy (non-hydrogen) atoms. The Bertz CT molecular complexity index is 510. The highest BCUT2D eigenvalue weighted by molar-refractivity contribution is 6.03. The number of carbonyl (C=O) groups is 1. The van der Waals surface area contributed by atoms with Gasteiger partial charge in [0.1, 0.15) is 0 Å². The van der Waals surface area contributed by atoms with Crippen LogP contribution in [0.25, 0.3) is 6.08 Å². The van der Waals surface area contributed by atoms with E-state index in [1.54, 1.807) is 0 Å². The summed E-state index contributed by atoms with van der Waals surface area (Å²) >= 11 is 0. The molecule has 0 aromatic heterocycles. The first-order chi connectivity index (χ1) is 8.25. The Morgan fingerprint density at radius 3 is 2.82 bits per heavy atom. The summed E-state index contributed by atoms with van der Waals surface area (Å²) < 4.78 is 0. The van der Waals surface area contributed by atoms with Crippen molar-refractivity contribution in [3.05, 3.63) is 53.6 Å². The van der Waals surface area contributed by atoms with Gasteiger partial charge >= 0.3 is 0 Å². The fourth-order valence-corrected chi connectivity index (χ4v) is 2.86. The number of rotatable bonds is 0. The molecule has 0 saturated heterocycles. The average Bonchev–Trinajstić information content (AvgIpc) is 2.48. The van der Waals surface area contributed by atoms with Gasteiger partial charge in [-0.15, -0.1) is 0 Å². The van der Waals surface area contributed by atoms with Gasteiger partial charge in [0, 0.05) is 11.5 Å². The van der Waals surface area contributed by atoms with Gasteiger partial charge in [0.25, 0.3) is 0 Å². The summed E-state index contributed by atoms with van der Waals surface area (Å²) in [5.74, 6) is 1.27. The molecule has 0 radical (unpaired) electrons. The fourth-order valence-electron chi connectivity index (χ4n) is 2.86. The van der Waals surface area contributed by atoms with Gasteiger partial charge in [0.2, 0.25) is 0 Å². The van der Waals surface area contributed by atoms with Crippen LogP contribution >= 0.6 is 0 Å². The number of Topliss-reactive ketones (excluding diaryl/α,β-unsaturated/α-hetero) is 1. The molecule has 0 amide bonds. The Hall–Kier alpha value is -1.63. The molecule has 3 unspecified atom stereocenters. The van der Waals surface area contributed by atoms with Crippen LogP contribution in [0.4, 0.5) is 0 Å². The maximum absolute atomic E-state index is 12.5. The summed E-state index contributed by atoms with van der Waals surface area (Å²) in [5, 5.41) is 0. The van der Waals surface area contributed by atoms with Crippen LogP contribution in [0.15, 0.2) is 42.5 Å². The van der Waals surface area contributed by atoms with Crippen molar-refractivity contribution in [3.8, 4) is 0 Å². The molecule has 0 N–H and O–H groups in total. The lowest BCUT2D eigenvalue weighted by molar-refractivity contribution is 0.0913. The lowest BCUT2D eigenvalue weighted by atomic mass is 9.77. The summed E-state index contributed by atoms with van der Waals surface area (Å²) in [4.78, 5) is 12.5. The first-order valence-corrected chi connectivity index (χ1v) is 6.25. The van der Waals surface area contributed by atoms with Gasteiger partial charge in [-0.25, -0.2) is 0 Å². The molecule has 0 aliphatic heterocycles. The SMILES string of the molecule is CC1C=CC2C(=O)c3ccccc3C=CC2C1. The minimum Gasteiger partial charge on any atom is -0.293 e. The van der Waals surface area contributed by atoms with Gasteiger partial charge in [0.05, 0.1) is 0 Å². The van der Waals surface area contributed by atoms with Crippen molar-refractivity contribution >= 4 is 11.9 Å². The minimum absolute atomic E-state index is 0.0473. The highest BCUT2D eigenvalue weighted by Gasteiger charge is 2.31. The molecule has 0 fully saturated rings. The van der Waals surface area contributed by atoms with Crippen molar-refractivity contribution in [2.45, 2.75) is 13.3 Å². The molecule has 3 rings (SSSR count). The third kappa shape index (κ3) is 1.76. The highest BCUT2D eigenvalue weighted by atomic mass is 16.1. The fraction of sp³-hybridized carbons (Fsp3) is 0.312. The third-order valence-electron chi connectivity index (χ3n) is 3.80. The second-order valence-electron chi connectivity index (χ2n) is 5.10. The van der Waals surface area contributed by atoms with Gasteiger partial charge in [-0.3, -0.25) is 4.79 Å². The van der Waals surface area contributed by atoms with Gasteiger partial charge in [-0.05, 0) is 23.8 Å². The Morgan fingerprint density at radius 2 is 1.94 bits per heavy atom. The summed E-state index contributed by atoms with van der Waals surface area (Å²) in [6, 6.07) is 7.90. The molecule has 3 atom stereocenters. The van der Waals surface area contributed by atoms with Crippen molar-refractivity contribution < 1.29 is 4.79 Å². The lowest BCUT2D eigenvalue weighted by Gasteiger charge is -2.26. The normalized spacial score (nSPS) is 30.6. The molecule has 1 nitrogen and oxygen atoms in total. The second-order valence-corrected chi connectivity index (χ2v) is 5.10. The van der Waals surface area contributed by atoms with E-state index in [4.69, 9.17) is 0 Å². The standard InChI is InChI=1S/C16H16O/c1-11-6-9-15-13(10-11)8-7-12-4-2-3-5-14(12)16(15)17/h2-9,11,13,15H,10H2,1H3. The van der Waals surface area contributed by atoms with Gasteiger partial charge in [-0.1, -0.05) is 55.5 Å². The Labute approximate surface area is 102 Å². The maximum Gasteiger partial charge on any atom is 0.170 e. The van der Waals surface area contributed by atoms with Crippen LogP contribution in [0.5, 0.6) is 0 Å². The quantitative estimate of drug-likeness (QED) is 0.614. The summed E-state index contributed by atoms with van der Waals surface area (Å²) in [6.45, 7) is 2.21. The number of carbonyl (C=O) groups excluding carboxylic acids is 1. The molecule has 1 aromatic rings. The highest BCUT2D eigenvalue weighted by Crippen LogP contribution is 2.35. The van der Waals surface area contributed by atoms with Crippen LogP contribution in [0.1, 0.15) is 29.3 Å². The molecule has 0 heterocycles. The largest absolute Gasteiger partial charge is 0.293 e. The van der Waals surface area contributed by atoms with E-state index in [1.165, 1.54) is 0 Å². The molecule has 86 valence electrons. The van der Waals surface area contributed by atoms with Crippen LogP contribution in [0.2, 0.25) is 0 Å². The summed E-state index contributed by atoms with van der Waals surface area (Å²) in [6.07, 6.45) is 9.70. The van der Waals surface area contributed by atoms with Crippen molar-refractivity contribution in [2.75, 3.05) is 0 Å². The van der Waals surface area contributed by atoms with E-state index in [0.717, 1.165) is 17.5 Å². The van der Waals surface area contributed by atoms with E-state index >= 15 is 0 Å². The van der Waals surface area contributed by atoms with Crippen LogP contribution in [0, 0.1) is 17.8 Å². The monoisotopic (exact) mass is 224 g/mol. The van der Waals surface area contributed by atoms with Crippen LogP contribution in [0.3, 0.4) is 0 Å². The Morgan fingerprint density at radius 1 is 1.12 bits per heavy atom. The average molecular weight is 224 g/mol. The first-order valence-electron chi connectivity index (χ1n) is 6.25. The van der Waals surface area contributed by atoms with Gasteiger partial charge in [0.15, 0.2) is 5.78 Å². The third-order valence-corrected chi connectivity index (χ3v) is 3.80. The van der Waals surface area contributed by atoms with Crippen molar-refractivity contribution in [1.29, 1.82) is 0 Å². The molecule has 2 aliphatic rings. The summed E-state index contributed by atoms with van der Waals surface area (Å²) in [7, 11) is 0. The zero-order valence-corrected chi connectivity index (χ0v) is 9.97. The molecule has 2 aliphatic carbocycles. The second kappa shape index (κ2) is 3.99. The molecular weight excluding hydrogens is 208 g/mol. The lowest BCUT2D eigenvalue weighted by Crippen LogP contribution is -2.24. The summed E-state index contributed by atoms with van der Waals surface area (Å²) in [5.41, 5.74) is 1.93. The number of ketones is 1. The van der Waals surface area contributed by atoms with Crippen molar-refractivity contribution in [2.24, 2.45) is 17.8 Å².